The van der Waals surface area contributed by atoms with Gasteiger partial charge in [0.1, 0.15) is 16.7 Å². The highest BCUT2D eigenvalue weighted by atomic mass is 35.5. The average molecular weight is 272 g/mol. The highest BCUT2D eigenvalue weighted by Crippen LogP contribution is 2.27. The number of aromatic amines is 1. The van der Waals surface area contributed by atoms with Crippen LogP contribution >= 0.6 is 23.2 Å². The van der Waals surface area contributed by atoms with E-state index in [-0.39, 0.29) is 32.9 Å². The molecule has 0 radical (unpaired) electrons. The van der Waals surface area contributed by atoms with Crippen LogP contribution < -0.4 is 0 Å². The minimum atomic E-state index is -0.507. The Kier molecular flexibility index (Phi) is 3.00. The monoisotopic (exact) mass is 271 g/mol. The van der Waals surface area contributed by atoms with E-state index in [1.54, 1.807) is 0 Å². The maximum atomic E-state index is 12.0. The molecule has 0 unspecified atom stereocenters. The number of hydrogen-bond acceptors (Lipinski definition) is 3. The van der Waals surface area contributed by atoms with Crippen LogP contribution in [0, 0.1) is 0 Å². The number of aromatic hydroxyl groups is 2. The van der Waals surface area contributed by atoms with Crippen LogP contribution in [0.15, 0.2) is 24.3 Å². The van der Waals surface area contributed by atoms with Crippen LogP contribution in [0.4, 0.5) is 0 Å². The average Bonchev–Trinajstić information content (AvgIpc) is 2.62. The zero-order chi connectivity index (χ0) is 12.6. The van der Waals surface area contributed by atoms with E-state index < -0.39 is 5.78 Å². The highest BCUT2D eigenvalue weighted by molar-refractivity contribution is 6.41. The van der Waals surface area contributed by atoms with E-state index in [0.717, 1.165) is 0 Å². The minimum Gasteiger partial charge on any atom is -0.508 e. The summed E-state index contributed by atoms with van der Waals surface area (Å²) in [6, 6.07) is 5.03. The second-order valence-corrected chi connectivity index (χ2v) is 4.16. The van der Waals surface area contributed by atoms with E-state index in [1.807, 2.05) is 0 Å². The molecule has 0 aliphatic rings. The lowest BCUT2D eigenvalue weighted by Crippen LogP contribution is -2.01. The molecule has 0 saturated heterocycles. The molecule has 17 heavy (non-hydrogen) atoms. The molecule has 4 nitrogen and oxygen atoms in total. The Labute approximate surface area is 106 Å². The number of benzene rings is 1. The number of halogens is 2. The molecule has 6 heteroatoms. The quantitative estimate of drug-likeness (QED) is 0.581. The summed E-state index contributed by atoms with van der Waals surface area (Å²) in [5.41, 5.74) is 0.112. The van der Waals surface area contributed by atoms with Crippen molar-refractivity contribution >= 4 is 29.0 Å². The van der Waals surface area contributed by atoms with Crippen LogP contribution in [0.25, 0.3) is 0 Å². The molecule has 2 rings (SSSR count). The van der Waals surface area contributed by atoms with Crippen molar-refractivity contribution in [1.82, 2.24) is 4.98 Å². The normalized spacial score (nSPS) is 10.5. The Balaban J connectivity index is 2.47. The van der Waals surface area contributed by atoms with Gasteiger partial charge < -0.3 is 15.2 Å². The zero-order valence-electron chi connectivity index (χ0n) is 8.37. The molecule has 0 fully saturated rings. The fraction of sp³-hybridized carbons (Fsp3) is 0. The fourth-order valence-corrected chi connectivity index (χ4v) is 1.69. The third-order valence-electron chi connectivity index (χ3n) is 2.19. The van der Waals surface area contributed by atoms with Gasteiger partial charge in [-0.15, -0.1) is 0 Å². The molecule has 0 amide bonds. The maximum Gasteiger partial charge on any atom is 0.213 e. The van der Waals surface area contributed by atoms with Crippen LogP contribution in [0.1, 0.15) is 16.1 Å². The van der Waals surface area contributed by atoms with Crippen molar-refractivity contribution in [3.8, 4) is 11.5 Å². The van der Waals surface area contributed by atoms with E-state index in [4.69, 9.17) is 23.2 Å². The number of ketones is 1. The van der Waals surface area contributed by atoms with Crippen molar-refractivity contribution in [2.24, 2.45) is 0 Å². The van der Waals surface area contributed by atoms with Gasteiger partial charge in [0.15, 0.2) is 0 Å². The molecule has 88 valence electrons. The van der Waals surface area contributed by atoms with Crippen molar-refractivity contribution in [2.75, 3.05) is 0 Å². The number of carbonyl (C=O) groups is 1. The first kappa shape index (κ1) is 11.8. The van der Waals surface area contributed by atoms with E-state index in [9.17, 15) is 15.0 Å². The number of hydrogen-bond donors (Lipinski definition) is 3. The van der Waals surface area contributed by atoms with Gasteiger partial charge in [-0.2, -0.15) is 0 Å². The van der Waals surface area contributed by atoms with Crippen LogP contribution in [-0.2, 0) is 0 Å². The SMILES string of the molecule is O=C(c1cc(Cl)c(Cl)[nH]1)c1cc(O)ccc1O. The van der Waals surface area contributed by atoms with Crippen molar-refractivity contribution in [1.29, 1.82) is 0 Å². The van der Waals surface area contributed by atoms with E-state index >= 15 is 0 Å². The van der Waals surface area contributed by atoms with Crippen LogP contribution in [0.2, 0.25) is 10.2 Å². The van der Waals surface area contributed by atoms with E-state index in [1.165, 1.54) is 24.3 Å². The molecule has 0 spiro atoms. The summed E-state index contributed by atoms with van der Waals surface area (Å²) in [7, 11) is 0. The summed E-state index contributed by atoms with van der Waals surface area (Å²) in [5.74, 6) is -0.850. The van der Waals surface area contributed by atoms with Gasteiger partial charge in [0, 0.05) is 0 Å². The number of carbonyl (C=O) groups excluding carboxylic acids is 1. The molecular formula is C11H7Cl2NO3. The molecule has 3 N–H and O–H groups in total. The standard InChI is InChI=1S/C11H7Cl2NO3/c12-7-4-8(14-11(7)13)10(17)6-3-5(15)1-2-9(6)16/h1-4,14-16H. The summed E-state index contributed by atoms with van der Waals surface area (Å²) in [6.07, 6.45) is 0. The summed E-state index contributed by atoms with van der Waals surface area (Å²) in [5, 5.41) is 19.2. The van der Waals surface area contributed by atoms with Gasteiger partial charge in [-0.05, 0) is 24.3 Å². The number of rotatable bonds is 2. The molecule has 0 saturated carbocycles. The Hall–Kier alpha value is -1.65. The molecule has 0 aliphatic heterocycles. The lowest BCUT2D eigenvalue weighted by atomic mass is 10.1. The molecule has 0 atom stereocenters. The Morgan fingerprint density at radius 2 is 1.88 bits per heavy atom. The Bertz CT molecular complexity index is 573. The second kappa shape index (κ2) is 4.31. The first-order valence-electron chi connectivity index (χ1n) is 4.59. The van der Waals surface area contributed by atoms with Gasteiger partial charge in [0.05, 0.1) is 16.3 Å². The number of H-pyrrole nitrogens is 1. The molecule has 1 heterocycles. The van der Waals surface area contributed by atoms with Crippen LogP contribution in [0.3, 0.4) is 0 Å². The minimum absolute atomic E-state index is 0.0282. The maximum absolute atomic E-state index is 12.0. The topological polar surface area (TPSA) is 73.3 Å². The summed E-state index contributed by atoms with van der Waals surface area (Å²) < 4.78 is 0. The largest absolute Gasteiger partial charge is 0.508 e. The fourth-order valence-electron chi connectivity index (χ4n) is 1.38. The highest BCUT2D eigenvalue weighted by Gasteiger charge is 2.17. The molecule has 2 aromatic rings. The van der Waals surface area contributed by atoms with Crippen molar-refractivity contribution < 1.29 is 15.0 Å². The zero-order valence-corrected chi connectivity index (χ0v) is 9.88. The van der Waals surface area contributed by atoms with Crippen molar-refractivity contribution in [3.05, 3.63) is 45.7 Å². The van der Waals surface area contributed by atoms with Gasteiger partial charge >= 0.3 is 0 Å². The Morgan fingerprint density at radius 3 is 2.47 bits per heavy atom. The predicted octanol–water partition coefficient (Wildman–Crippen LogP) is 2.96. The second-order valence-electron chi connectivity index (χ2n) is 3.38. The van der Waals surface area contributed by atoms with Crippen LogP contribution in [0.5, 0.6) is 11.5 Å². The smallest absolute Gasteiger partial charge is 0.213 e. The molecule has 1 aromatic carbocycles. The van der Waals surface area contributed by atoms with Crippen molar-refractivity contribution in [2.45, 2.75) is 0 Å². The lowest BCUT2D eigenvalue weighted by molar-refractivity contribution is 0.103. The predicted molar refractivity (Wildman–Crippen MR) is 64.0 cm³/mol. The lowest BCUT2D eigenvalue weighted by Gasteiger charge is -2.02. The number of phenolic OH excluding ortho intramolecular Hbond substituents is 2. The number of nitrogens with one attached hydrogen (secondary N) is 1. The Morgan fingerprint density at radius 1 is 1.18 bits per heavy atom. The van der Waals surface area contributed by atoms with Gasteiger partial charge in [-0.3, -0.25) is 4.79 Å². The van der Waals surface area contributed by atoms with E-state index in [0.29, 0.717) is 0 Å². The third kappa shape index (κ3) is 2.23. The summed E-state index contributed by atoms with van der Waals surface area (Å²) >= 11 is 11.4. The van der Waals surface area contributed by atoms with Gasteiger partial charge in [-0.25, -0.2) is 0 Å². The molecule has 0 bridgehead atoms. The van der Waals surface area contributed by atoms with Crippen LogP contribution in [-0.4, -0.2) is 21.0 Å². The third-order valence-corrected chi connectivity index (χ3v) is 2.89. The van der Waals surface area contributed by atoms with Gasteiger partial charge in [0.25, 0.3) is 0 Å². The van der Waals surface area contributed by atoms with E-state index in [2.05, 4.69) is 4.98 Å². The molecule has 1 aromatic heterocycles. The number of phenols is 2. The van der Waals surface area contributed by atoms with Crippen molar-refractivity contribution in [3.63, 3.8) is 0 Å². The first-order valence-corrected chi connectivity index (χ1v) is 5.35. The number of aromatic nitrogens is 1. The van der Waals surface area contributed by atoms with Gasteiger partial charge in [-0.1, -0.05) is 23.2 Å². The van der Waals surface area contributed by atoms with Gasteiger partial charge in [0.2, 0.25) is 5.78 Å². The summed E-state index contributed by atoms with van der Waals surface area (Å²) in [6.45, 7) is 0. The molecule has 0 aliphatic carbocycles. The first-order chi connectivity index (χ1) is 7.99. The summed E-state index contributed by atoms with van der Waals surface area (Å²) in [4.78, 5) is 14.5. The molecular weight excluding hydrogens is 265 g/mol.